The van der Waals surface area contributed by atoms with Crippen LogP contribution in [-0.4, -0.2) is 29.1 Å². The molecule has 0 saturated heterocycles. The molecule has 0 heterocycles. The minimum Gasteiger partial charge on any atom is -0.493 e. The van der Waals surface area contributed by atoms with Gasteiger partial charge in [-0.25, -0.2) is 0 Å². The monoisotopic (exact) mass is 265 g/mol. The molecule has 0 radical (unpaired) electrons. The minimum absolute atomic E-state index is 0.0511. The van der Waals surface area contributed by atoms with Crippen molar-refractivity contribution in [1.29, 1.82) is 0 Å². The molecule has 0 fully saturated rings. The fourth-order valence-corrected chi connectivity index (χ4v) is 1.38. The lowest BCUT2D eigenvalue weighted by Gasteiger charge is -2.24. The van der Waals surface area contributed by atoms with Crippen molar-refractivity contribution >= 4 is 11.7 Å². The van der Waals surface area contributed by atoms with Crippen LogP contribution in [0.25, 0.3) is 0 Å². The Kier molecular flexibility index (Phi) is 5.17. The number of benzene rings is 1. The van der Waals surface area contributed by atoms with Gasteiger partial charge in [-0.1, -0.05) is 23.4 Å². The molecule has 0 aliphatic heterocycles. The molecule has 6 heteroatoms. The van der Waals surface area contributed by atoms with Gasteiger partial charge in [0.25, 0.3) is 0 Å². The maximum Gasteiger partial charge on any atom is 0.224 e. The van der Waals surface area contributed by atoms with Gasteiger partial charge >= 0.3 is 0 Å². The molecular weight excluding hydrogens is 246 g/mol. The third-order valence-corrected chi connectivity index (χ3v) is 2.54. The van der Waals surface area contributed by atoms with Gasteiger partial charge in [-0.3, -0.25) is 4.79 Å². The number of carbonyl (C=O) groups excluding carboxylic acids is 1. The standard InChI is InChI=1S/C13H19N3O3/c1-13(2,12(14)16-18)15-11(17)8-9-19-10-6-4-3-5-7-10/h3-7,18H,8-9H2,1-2H3,(H2,14,16)(H,15,17). The number of hydrogen-bond donors (Lipinski definition) is 3. The van der Waals surface area contributed by atoms with Crippen molar-refractivity contribution in [2.45, 2.75) is 25.8 Å². The summed E-state index contributed by atoms with van der Waals surface area (Å²) in [5.74, 6) is 0.434. The average molecular weight is 265 g/mol. The summed E-state index contributed by atoms with van der Waals surface area (Å²) in [5, 5.41) is 14.1. The van der Waals surface area contributed by atoms with E-state index in [1.54, 1.807) is 13.8 Å². The summed E-state index contributed by atoms with van der Waals surface area (Å²) < 4.78 is 5.41. The zero-order valence-corrected chi connectivity index (χ0v) is 11.1. The predicted molar refractivity (Wildman–Crippen MR) is 72.2 cm³/mol. The summed E-state index contributed by atoms with van der Waals surface area (Å²) in [7, 11) is 0. The van der Waals surface area contributed by atoms with Crippen LogP contribution in [0.3, 0.4) is 0 Å². The van der Waals surface area contributed by atoms with Crippen LogP contribution in [0.5, 0.6) is 5.75 Å². The first kappa shape index (κ1) is 14.8. The largest absolute Gasteiger partial charge is 0.493 e. The summed E-state index contributed by atoms with van der Waals surface area (Å²) in [6.45, 7) is 3.57. The number of para-hydroxylation sites is 1. The van der Waals surface area contributed by atoms with Gasteiger partial charge in [-0.05, 0) is 26.0 Å². The average Bonchev–Trinajstić information content (AvgIpc) is 2.38. The second-order valence-corrected chi connectivity index (χ2v) is 4.57. The number of hydrogen-bond acceptors (Lipinski definition) is 4. The fourth-order valence-electron chi connectivity index (χ4n) is 1.38. The Hall–Kier alpha value is -2.24. The molecule has 6 nitrogen and oxygen atoms in total. The molecule has 104 valence electrons. The third kappa shape index (κ3) is 4.87. The molecule has 1 rings (SSSR count). The Balaban J connectivity index is 2.36. The van der Waals surface area contributed by atoms with Crippen LogP contribution < -0.4 is 15.8 Å². The highest BCUT2D eigenvalue weighted by atomic mass is 16.5. The van der Waals surface area contributed by atoms with Gasteiger partial charge in [-0.15, -0.1) is 0 Å². The first-order valence-electron chi connectivity index (χ1n) is 5.92. The zero-order chi connectivity index (χ0) is 14.3. The van der Waals surface area contributed by atoms with E-state index in [4.69, 9.17) is 15.7 Å². The van der Waals surface area contributed by atoms with E-state index in [1.165, 1.54) is 0 Å². The Morgan fingerprint density at radius 3 is 2.63 bits per heavy atom. The van der Waals surface area contributed by atoms with E-state index in [2.05, 4.69) is 10.5 Å². The number of rotatable bonds is 6. The maximum absolute atomic E-state index is 11.7. The maximum atomic E-state index is 11.7. The molecule has 0 aliphatic rings. The van der Waals surface area contributed by atoms with Gasteiger partial charge < -0.3 is 21.0 Å². The molecule has 1 aromatic carbocycles. The van der Waals surface area contributed by atoms with Crippen molar-refractivity contribution in [2.75, 3.05) is 6.61 Å². The first-order chi connectivity index (χ1) is 8.95. The number of amides is 1. The van der Waals surface area contributed by atoms with Crippen molar-refractivity contribution in [1.82, 2.24) is 5.32 Å². The van der Waals surface area contributed by atoms with Crippen LogP contribution in [0.1, 0.15) is 20.3 Å². The Morgan fingerprint density at radius 1 is 1.42 bits per heavy atom. The van der Waals surface area contributed by atoms with Crippen LogP contribution in [0.2, 0.25) is 0 Å². The molecular formula is C13H19N3O3. The number of nitrogens with one attached hydrogen (secondary N) is 1. The van der Waals surface area contributed by atoms with Crippen molar-refractivity contribution in [3.8, 4) is 5.75 Å². The highest BCUT2D eigenvalue weighted by Gasteiger charge is 2.25. The van der Waals surface area contributed by atoms with Gasteiger partial charge in [0.2, 0.25) is 5.91 Å². The quantitative estimate of drug-likeness (QED) is 0.310. The summed E-state index contributed by atoms with van der Waals surface area (Å²) >= 11 is 0. The minimum atomic E-state index is -0.890. The predicted octanol–water partition coefficient (Wildman–Crippen LogP) is 1.10. The van der Waals surface area contributed by atoms with Crippen LogP contribution in [0, 0.1) is 0 Å². The molecule has 0 unspecified atom stereocenters. The van der Waals surface area contributed by atoms with E-state index in [9.17, 15) is 4.79 Å². The van der Waals surface area contributed by atoms with Gasteiger partial charge in [0.05, 0.1) is 18.6 Å². The molecule has 0 bridgehead atoms. The molecule has 1 amide bonds. The normalized spacial score (nSPS) is 12.0. The molecule has 0 aromatic heterocycles. The lowest BCUT2D eigenvalue weighted by Crippen LogP contribution is -2.53. The molecule has 0 spiro atoms. The third-order valence-electron chi connectivity index (χ3n) is 2.54. The Morgan fingerprint density at radius 2 is 2.05 bits per heavy atom. The van der Waals surface area contributed by atoms with Crippen molar-refractivity contribution < 1.29 is 14.7 Å². The summed E-state index contributed by atoms with van der Waals surface area (Å²) in [6, 6.07) is 9.24. The van der Waals surface area contributed by atoms with Gasteiger partial charge in [-0.2, -0.15) is 0 Å². The highest BCUT2D eigenvalue weighted by Crippen LogP contribution is 2.08. The lowest BCUT2D eigenvalue weighted by molar-refractivity contribution is -0.122. The SMILES string of the molecule is CC(C)(NC(=O)CCOc1ccccc1)/C(N)=N/O. The number of nitrogens with zero attached hydrogens (tertiary/aromatic N) is 1. The number of ether oxygens (including phenoxy) is 1. The van der Waals surface area contributed by atoms with E-state index < -0.39 is 5.54 Å². The second kappa shape index (κ2) is 6.63. The van der Waals surface area contributed by atoms with Crippen molar-refractivity contribution in [3.63, 3.8) is 0 Å². The number of amidine groups is 1. The first-order valence-corrected chi connectivity index (χ1v) is 5.92. The fraction of sp³-hybridized carbons (Fsp3) is 0.385. The number of oxime groups is 1. The van der Waals surface area contributed by atoms with Crippen molar-refractivity contribution in [3.05, 3.63) is 30.3 Å². The lowest BCUT2D eigenvalue weighted by atomic mass is 10.0. The molecule has 0 atom stereocenters. The molecule has 0 saturated carbocycles. The second-order valence-electron chi connectivity index (χ2n) is 4.57. The van der Waals surface area contributed by atoms with Gasteiger partial charge in [0, 0.05) is 0 Å². The summed E-state index contributed by atoms with van der Waals surface area (Å²) in [5.41, 5.74) is 4.58. The number of nitrogens with two attached hydrogens (primary N) is 1. The highest BCUT2D eigenvalue weighted by molar-refractivity contribution is 5.93. The Bertz CT molecular complexity index is 444. The van der Waals surface area contributed by atoms with E-state index in [1.807, 2.05) is 30.3 Å². The summed E-state index contributed by atoms with van der Waals surface area (Å²) in [4.78, 5) is 11.7. The summed E-state index contributed by atoms with van der Waals surface area (Å²) in [6.07, 6.45) is 0.192. The van der Waals surface area contributed by atoms with Gasteiger partial charge in [0.15, 0.2) is 5.84 Å². The zero-order valence-electron chi connectivity index (χ0n) is 11.1. The van der Waals surface area contributed by atoms with Crippen LogP contribution in [0.15, 0.2) is 35.5 Å². The van der Waals surface area contributed by atoms with Crippen LogP contribution in [-0.2, 0) is 4.79 Å². The van der Waals surface area contributed by atoms with Crippen LogP contribution in [0.4, 0.5) is 0 Å². The van der Waals surface area contributed by atoms with E-state index in [-0.39, 0.29) is 24.8 Å². The molecule has 1 aromatic rings. The van der Waals surface area contributed by atoms with E-state index in [0.29, 0.717) is 5.75 Å². The Labute approximate surface area is 112 Å². The van der Waals surface area contributed by atoms with Crippen molar-refractivity contribution in [2.24, 2.45) is 10.9 Å². The molecule has 0 aliphatic carbocycles. The van der Waals surface area contributed by atoms with E-state index >= 15 is 0 Å². The smallest absolute Gasteiger partial charge is 0.224 e. The van der Waals surface area contributed by atoms with Crippen LogP contribution >= 0.6 is 0 Å². The molecule has 19 heavy (non-hydrogen) atoms. The number of carbonyl (C=O) groups is 1. The van der Waals surface area contributed by atoms with E-state index in [0.717, 1.165) is 0 Å². The topological polar surface area (TPSA) is 96.9 Å². The van der Waals surface area contributed by atoms with Gasteiger partial charge in [0.1, 0.15) is 5.75 Å². The molecule has 4 N–H and O–H groups in total.